The Morgan fingerprint density at radius 1 is 1.10 bits per heavy atom. The Labute approximate surface area is 230 Å². The molecule has 2 atom stereocenters. The van der Waals surface area contributed by atoms with Crippen molar-refractivity contribution in [3.8, 4) is 5.75 Å². The molecule has 7 nitrogen and oxygen atoms in total. The van der Waals surface area contributed by atoms with E-state index in [1.54, 1.807) is 24.8 Å². The summed E-state index contributed by atoms with van der Waals surface area (Å²) < 4.78 is 65.8. The third-order valence-corrected chi connectivity index (χ3v) is 8.42. The van der Waals surface area contributed by atoms with Crippen LogP contribution in [0.4, 0.5) is 22.4 Å². The van der Waals surface area contributed by atoms with Gasteiger partial charge in [-0.3, -0.25) is 4.79 Å². The van der Waals surface area contributed by atoms with Crippen molar-refractivity contribution < 1.29 is 36.6 Å². The van der Waals surface area contributed by atoms with Gasteiger partial charge in [0.15, 0.2) is 0 Å². The summed E-state index contributed by atoms with van der Waals surface area (Å²) in [5.41, 5.74) is -1.68. The lowest BCUT2D eigenvalue weighted by Gasteiger charge is -2.50. The number of carbonyl (C=O) groups excluding carboxylic acids is 2. The SMILES string of the molecule is CC(C)(C(=O)N1CCC2(CC1)NC(=O)NCC2c1ccc(F)cc1O[C@H]1CCOC1)c1cccc(C(F)(F)F)c1. The molecule has 1 spiro atoms. The summed E-state index contributed by atoms with van der Waals surface area (Å²) in [6, 6.07) is 8.94. The number of likely N-dealkylation sites (tertiary alicyclic amines) is 1. The van der Waals surface area contributed by atoms with Gasteiger partial charge >= 0.3 is 12.2 Å². The normalized spacial score (nSPS) is 23.1. The van der Waals surface area contributed by atoms with Crippen LogP contribution in [0.2, 0.25) is 0 Å². The van der Waals surface area contributed by atoms with Crippen LogP contribution in [0.1, 0.15) is 55.7 Å². The molecule has 0 radical (unpaired) electrons. The highest BCUT2D eigenvalue weighted by atomic mass is 19.4. The van der Waals surface area contributed by atoms with E-state index in [-0.39, 0.29) is 29.5 Å². The first-order chi connectivity index (χ1) is 18.9. The summed E-state index contributed by atoms with van der Waals surface area (Å²) in [4.78, 5) is 27.8. The van der Waals surface area contributed by atoms with E-state index >= 15 is 0 Å². The molecule has 216 valence electrons. The lowest BCUT2D eigenvalue weighted by Crippen LogP contribution is -2.66. The third-order valence-electron chi connectivity index (χ3n) is 8.42. The number of ether oxygens (including phenoxy) is 2. The number of hydrogen-bond acceptors (Lipinski definition) is 4. The Balaban J connectivity index is 1.37. The molecule has 3 fully saturated rings. The van der Waals surface area contributed by atoms with Gasteiger partial charge in [0.2, 0.25) is 5.91 Å². The van der Waals surface area contributed by atoms with Crippen molar-refractivity contribution in [3.05, 3.63) is 65.0 Å². The van der Waals surface area contributed by atoms with Gasteiger partial charge < -0.3 is 25.0 Å². The van der Waals surface area contributed by atoms with Crippen LogP contribution in [0.5, 0.6) is 5.75 Å². The van der Waals surface area contributed by atoms with Crippen molar-refractivity contribution >= 4 is 11.9 Å². The van der Waals surface area contributed by atoms with Gasteiger partial charge in [-0.25, -0.2) is 9.18 Å². The van der Waals surface area contributed by atoms with Gasteiger partial charge in [-0.2, -0.15) is 13.2 Å². The van der Waals surface area contributed by atoms with Crippen molar-refractivity contribution in [2.75, 3.05) is 32.8 Å². The molecule has 2 aromatic carbocycles. The van der Waals surface area contributed by atoms with Crippen LogP contribution in [0.25, 0.3) is 0 Å². The molecule has 11 heteroatoms. The first-order valence-electron chi connectivity index (χ1n) is 13.5. The third kappa shape index (κ3) is 5.48. The lowest BCUT2D eigenvalue weighted by molar-refractivity contribution is -0.140. The minimum atomic E-state index is -4.51. The zero-order valence-electron chi connectivity index (χ0n) is 22.4. The molecule has 3 amide bonds. The number of nitrogens with one attached hydrogen (secondary N) is 2. The van der Waals surface area contributed by atoms with E-state index in [4.69, 9.17) is 9.47 Å². The van der Waals surface area contributed by atoms with Crippen molar-refractivity contribution in [2.45, 2.75) is 62.3 Å². The van der Waals surface area contributed by atoms with Crippen LogP contribution in [-0.4, -0.2) is 61.3 Å². The van der Waals surface area contributed by atoms with Crippen LogP contribution in [-0.2, 0) is 21.1 Å². The molecule has 5 rings (SSSR count). The topological polar surface area (TPSA) is 79.9 Å². The predicted octanol–water partition coefficient (Wildman–Crippen LogP) is 4.75. The second-order valence-corrected chi connectivity index (χ2v) is 11.3. The number of hydrogen-bond donors (Lipinski definition) is 2. The number of rotatable bonds is 5. The Bertz CT molecular complexity index is 1270. The minimum absolute atomic E-state index is 0.194. The molecule has 40 heavy (non-hydrogen) atoms. The molecule has 3 saturated heterocycles. The van der Waals surface area contributed by atoms with E-state index in [0.29, 0.717) is 57.9 Å². The van der Waals surface area contributed by atoms with Gasteiger partial charge in [-0.15, -0.1) is 0 Å². The molecule has 3 aliphatic heterocycles. The van der Waals surface area contributed by atoms with E-state index in [9.17, 15) is 27.2 Å². The number of benzene rings is 2. The van der Waals surface area contributed by atoms with Crippen molar-refractivity contribution in [2.24, 2.45) is 0 Å². The van der Waals surface area contributed by atoms with Crippen LogP contribution in [0.3, 0.4) is 0 Å². The summed E-state index contributed by atoms with van der Waals surface area (Å²) in [7, 11) is 0. The van der Waals surface area contributed by atoms with Gasteiger partial charge in [0.1, 0.15) is 17.7 Å². The quantitative estimate of drug-likeness (QED) is 0.515. The largest absolute Gasteiger partial charge is 0.488 e. The molecule has 1 unspecified atom stereocenters. The highest BCUT2D eigenvalue weighted by molar-refractivity contribution is 5.87. The maximum Gasteiger partial charge on any atom is 0.416 e. The number of nitrogens with zero attached hydrogens (tertiary/aromatic N) is 1. The lowest BCUT2D eigenvalue weighted by atomic mass is 9.71. The summed E-state index contributed by atoms with van der Waals surface area (Å²) >= 11 is 0. The maximum atomic E-state index is 14.3. The first kappa shape index (κ1) is 28.2. The number of piperidine rings is 1. The highest BCUT2D eigenvalue weighted by Crippen LogP contribution is 2.43. The number of urea groups is 1. The number of halogens is 4. The van der Waals surface area contributed by atoms with Gasteiger partial charge in [0, 0.05) is 43.6 Å². The minimum Gasteiger partial charge on any atom is -0.488 e. The smallest absolute Gasteiger partial charge is 0.416 e. The zero-order chi connectivity index (χ0) is 28.7. The molecule has 0 saturated carbocycles. The molecule has 0 bridgehead atoms. The fourth-order valence-corrected chi connectivity index (χ4v) is 6.02. The second-order valence-electron chi connectivity index (χ2n) is 11.3. The molecular formula is C29H33F4N3O4. The highest BCUT2D eigenvalue weighted by Gasteiger charge is 2.49. The van der Waals surface area contributed by atoms with E-state index in [2.05, 4.69) is 10.6 Å². The maximum absolute atomic E-state index is 14.3. The van der Waals surface area contributed by atoms with E-state index in [1.807, 2.05) is 0 Å². The van der Waals surface area contributed by atoms with Crippen LogP contribution < -0.4 is 15.4 Å². The Morgan fingerprint density at radius 3 is 2.50 bits per heavy atom. The van der Waals surface area contributed by atoms with Crippen LogP contribution in [0, 0.1) is 5.82 Å². The van der Waals surface area contributed by atoms with Crippen molar-refractivity contribution in [3.63, 3.8) is 0 Å². The number of carbonyl (C=O) groups is 2. The Kier molecular flexibility index (Phi) is 7.45. The number of amides is 3. The predicted molar refractivity (Wildman–Crippen MR) is 139 cm³/mol. The monoisotopic (exact) mass is 563 g/mol. The van der Waals surface area contributed by atoms with Crippen LogP contribution >= 0.6 is 0 Å². The molecule has 2 aromatic rings. The first-order valence-corrected chi connectivity index (χ1v) is 13.5. The molecule has 3 aliphatic rings. The standard InChI is InChI=1S/C29H33F4N3O4/c1-27(2,18-4-3-5-19(14-18)29(31,32)33)25(37)36-11-9-28(10-12-36)23(16-34-26(38)35-28)22-7-6-20(30)15-24(22)40-21-8-13-39-17-21/h3-7,14-15,21,23H,8-13,16-17H2,1-2H3,(H2,34,35,38)/t21-,23?/m0/s1. The average molecular weight is 564 g/mol. The molecule has 0 aromatic heterocycles. The average Bonchev–Trinajstić information content (AvgIpc) is 3.42. The van der Waals surface area contributed by atoms with Gasteiger partial charge in [0.25, 0.3) is 0 Å². The second kappa shape index (κ2) is 10.6. The Morgan fingerprint density at radius 2 is 1.82 bits per heavy atom. The van der Waals surface area contributed by atoms with Gasteiger partial charge in [0.05, 0.1) is 29.7 Å². The molecule has 0 aliphatic carbocycles. The van der Waals surface area contributed by atoms with Gasteiger partial charge in [-0.05, 0) is 44.4 Å². The zero-order valence-corrected chi connectivity index (χ0v) is 22.4. The van der Waals surface area contributed by atoms with E-state index in [1.165, 1.54) is 24.3 Å². The summed E-state index contributed by atoms with van der Waals surface area (Å²) in [5.74, 6) is -0.582. The van der Waals surface area contributed by atoms with E-state index < -0.39 is 28.5 Å². The molecular weight excluding hydrogens is 530 g/mol. The Hall–Kier alpha value is -3.34. The molecule has 3 heterocycles. The van der Waals surface area contributed by atoms with E-state index in [0.717, 1.165) is 17.7 Å². The van der Waals surface area contributed by atoms with Crippen molar-refractivity contribution in [1.82, 2.24) is 15.5 Å². The number of alkyl halides is 3. The molecule has 2 N–H and O–H groups in total. The summed E-state index contributed by atoms with van der Waals surface area (Å²) in [5, 5.41) is 5.92. The van der Waals surface area contributed by atoms with Gasteiger partial charge in [-0.1, -0.05) is 24.3 Å². The van der Waals surface area contributed by atoms with Crippen LogP contribution in [0.15, 0.2) is 42.5 Å². The summed E-state index contributed by atoms with van der Waals surface area (Å²) in [6.07, 6.45) is -3.18. The summed E-state index contributed by atoms with van der Waals surface area (Å²) in [6.45, 7) is 5.13. The fraction of sp³-hybridized carbons (Fsp3) is 0.517. The van der Waals surface area contributed by atoms with Crippen molar-refractivity contribution in [1.29, 1.82) is 0 Å². The fourth-order valence-electron chi connectivity index (χ4n) is 6.02.